The van der Waals surface area contributed by atoms with Gasteiger partial charge in [-0.05, 0) is 48.9 Å². The highest BCUT2D eigenvalue weighted by Gasteiger charge is 2.27. The van der Waals surface area contributed by atoms with Crippen molar-refractivity contribution in [2.24, 2.45) is 0 Å². The number of nitrogens with one attached hydrogen (secondary N) is 1. The lowest BCUT2D eigenvalue weighted by molar-refractivity contribution is 0.0818. The Bertz CT molecular complexity index is 447. The molecule has 1 unspecified atom stereocenters. The molecule has 2 nitrogen and oxygen atoms in total. The van der Waals surface area contributed by atoms with E-state index in [-0.39, 0.29) is 11.0 Å². The zero-order valence-corrected chi connectivity index (χ0v) is 15.0. The number of benzene rings is 1. The van der Waals surface area contributed by atoms with Crippen molar-refractivity contribution in [2.75, 3.05) is 13.1 Å². The molecule has 1 rings (SSSR count). The van der Waals surface area contributed by atoms with Crippen LogP contribution in [0.4, 0.5) is 0 Å². The second-order valence-corrected chi connectivity index (χ2v) is 7.12. The fraction of sp³-hybridized carbons (Fsp3) is 0.684. The molecule has 0 amide bonds. The monoisotopic (exact) mass is 291 g/mol. The largest absolute Gasteiger partial charge is 0.486 e. The van der Waals surface area contributed by atoms with Crippen LogP contribution in [0.15, 0.2) is 18.2 Å². The van der Waals surface area contributed by atoms with E-state index < -0.39 is 0 Å². The Morgan fingerprint density at radius 1 is 1.05 bits per heavy atom. The molecule has 0 heterocycles. The van der Waals surface area contributed by atoms with Crippen LogP contribution >= 0.6 is 0 Å². The predicted octanol–water partition coefficient (Wildman–Crippen LogP) is 4.70. The average molecular weight is 291 g/mol. The van der Waals surface area contributed by atoms with Gasteiger partial charge in [-0.1, -0.05) is 53.7 Å². The zero-order chi connectivity index (χ0) is 16.1. The Morgan fingerprint density at radius 2 is 1.71 bits per heavy atom. The molecule has 0 spiro atoms. The first kappa shape index (κ1) is 18.0. The van der Waals surface area contributed by atoms with Crippen molar-refractivity contribution in [2.45, 2.75) is 72.3 Å². The summed E-state index contributed by atoms with van der Waals surface area (Å²) in [5.74, 6) is 1.03. The van der Waals surface area contributed by atoms with Gasteiger partial charge in [-0.3, -0.25) is 0 Å². The molecule has 21 heavy (non-hydrogen) atoms. The quantitative estimate of drug-likeness (QED) is 0.786. The van der Waals surface area contributed by atoms with Crippen LogP contribution in [0.2, 0.25) is 0 Å². The molecule has 1 aromatic rings. The fourth-order valence-corrected chi connectivity index (χ4v) is 2.36. The van der Waals surface area contributed by atoms with Crippen LogP contribution in [0.25, 0.3) is 0 Å². The topological polar surface area (TPSA) is 21.3 Å². The van der Waals surface area contributed by atoms with Crippen LogP contribution in [0.5, 0.6) is 5.75 Å². The molecule has 0 aromatic heterocycles. The normalized spacial score (nSPS) is 14.8. The third-order valence-electron chi connectivity index (χ3n) is 4.11. The number of likely N-dealkylation sites (N-methyl/N-ethyl adjacent to an activating group) is 1. The standard InChI is InChI=1S/C19H33NO/c1-8-15-11-12-17(16(13-15)18(4,5)6)21-19(7,9-2)14-20-10-3/h11-13,20H,8-10,14H2,1-7H3. The Hall–Kier alpha value is -1.02. The van der Waals surface area contributed by atoms with Crippen molar-refractivity contribution >= 4 is 0 Å². The average Bonchev–Trinajstić information content (AvgIpc) is 2.44. The molecule has 0 fully saturated rings. The van der Waals surface area contributed by atoms with E-state index in [9.17, 15) is 0 Å². The van der Waals surface area contributed by atoms with Crippen molar-refractivity contribution in [1.82, 2.24) is 5.32 Å². The smallest absolute Gasteiger partial charge is 0.123 e. The highest BCUT2D eigenvalue weighted by atomic mass is 16.5. The molecule has 2 heteroatoms. The van der Waals surface area contributed by atoms with Crippen LogP contribution < -0.4 is 10.1 Å². The summed E-state index contributed by atoms with van der Waals surface area (Å²) in [5.41, 5.74) is 2.60. The molecule has 1 N–H and O–H groups in total. The predicted molar refractivity (Wildman–Crippen MR) is 92.4 cm³/mol. The molecule has 1 aromatic carbocycles. The molecule has 0 saturated heterocycles. The number of hydrogen-bond donors (Lipinski definition) is 1. The van der Waals surface area contributed by atoms with E-state index in [1.54, 1.807) is 0 Å². The highest BCUT2D eigenvalue weighted by molar-refractivity contribution is 5.42. The summed E-state index contributed by atoms with van der Waals surface area (Å²) in [5, 5.41) is 3.42. The summed E-state index contributed by atoms with van der Waals surface area (Å²) in [6.45, 7) is 17.3. The SMILES string of the molecule is CCNCC(C)(CC)Oc1ccc(CC)cc1C(C)(C)C. The molecular formula is C19H33NO. The summed E-state index contributed by atoms with van der Waals surface area (Å²) in [6, 6.07) is 6.64. The van der Waals surface area contributed by atoms with E-state index in [0.29, 0.717) is 0 Å². The Kier molecular flexibility index (Phi) is 6.27. The van der Waals surface area contributed by atoms with E-state index in [4.69, 9.17) is 4.74 Å². The maximum atomic E-state index is 6.45. The molecule has 0 aliphatic rings. The summed E-state index contributed by atoms with van der Waals surface area (Å²) in [4.78, 5) is 0. The van der Waals surface area contributed by atoms with Crippen LogP contribution in [-0.2, 0) is 11.8 Å². The van der Waals surface area contributed by atoms with E-state index >= 15 is 0 Å². The van der Waals surface area contributed by atoms with Crippen molar-refractivity contribution < 1.29 is 4.74 Å². The minimum atomic E-state index is -0.163. The van der Waals surface area contributed by atoms with Gasteiger partial charge in [-0.15, -0.1) is 0 Å². The van der Waals surface area contributed by atoms with Crippen molar-refractivity contribution in [3.8, 4) is 5.75 Å². The van der Waals surface area contributed by atoms with Crippen molar-refractivity contribution in [3.05, 3.63) is 29.3 Å². The summed E-state index contributed by atoms with van der Waals surface area (Å²) >= 11 is 0. The first-order valence-corrected chi connectivity index (χ1v) is 8.29. The van der Waals surface area contributed by atoms with Gasteiger partial charge in [0.2, 0.25) is 0 Å². The molecule has 120 valence electrons. The Labute approximate surface area is 131 Å². The van der Waals surface area contributed by atoms with Crippen LogP contribution in [0, 0.1) is 0 Å². The van der Waals surface area contributed by atoms with Gasteiger partial charge in [0.25, 0.3) is 0 Å². The lowest BCUT2D eigenvalue weighted by Gasteiger charge is -2.33. The van der Waals surface area contributed by atoms with Crippen molar-refractivity contribution in [1.29, 1.82) is 0 Å². The van der Waals surface area contributed by atoms with Crippen LogP contribution in [-0.4, -0.2) is 18.7 Å². The van der Waals surface area contributed by atoms with Gasteiger partial charge < -0.3 is 10.1 Å². The Morgan fingerprint density at radius 3 is 2.19 bits per heavy atom. The summed E-state index contributed by atoms with van der Waals surface area (Å²) in [7, 11) is 0. The number of ether oxygens (including phenoxy) is 1. The molecule has 0 aliphatic carbocycles. The molecular weight excluding hydrogens is 258 g/mol. The van der Waals surface area contributed by atoms with Gasteiger partial charge in [-0.2, -0.15) is 0 Å². The van der Waals surface area contributed by atoms with Gasteiger partial charge in [0, 0.05) is 6.54 Å². The van der Waals surface area contributed by atoms with Crippen LogP contribution in [0.3, 0.4) is 0 Å². The van der Waals surface area contributed by atoms with E-state index in [1.165, 1.54) is 11.1 Å². The van der Waals surface area contributed by atoms with Crippen LogP contribution in [0.1, 0.15) is 66.0 Å². The minimum absolute atomic E-state index is 0.0906. The first-order chi connectivity index (χ1) is 9.75. The van der Waals surface area contributed by atoms with Gasteiger partial charge in [0.15, 0.2) is 0 Å². The second kappa shape index (κ2) is 7.31. The first-order valence-electron chi connectivity index (χ1n) is 8.29. The number of aryl methyl sites for hydroxylation is 1. The molecule has 0 bridgehead atoms. The third-order valence-corrected chi connectivity index (χ3v) is 4.11. The molecule has 0 saturated carbocycles. The van der Waals surface area contributed by atoms with Gasteiger partial charge in [0.1, 0.15) is 11.4 Å². The minimum Gasteiger partial charge on any atom is -0.486 e. The van der Waals surface area contributed by atoms with Crippen molar-refractivity contribution in [3.63, 3.8) is 0 Å². The maximum Gasteiger partial charge on any atom is 0.123 e. The lowest BCUT2D eigenvalue weighted by Crippen LogP contribution is -2.43. The van der Waals surface area contributed by atoms with E-state index in [2.05, 4.69) is 72.0 Å². The zero-order valence-electron chi connectivity index (χ0n) is 15.0. The number of hydrogen-bond acceptors (Lipinski definition) is 2. The summed E-state index contributed by atoms with van der Waals surface area (Å²) < 4.78 is 6.45. The highest BCUT2D eigenvalue weighted by Crippen LogP contribution is 2.34. The van der Waals surface area contributed by atoms with E-state index in [0.717, 1.165) is 31.7 Å². The number of rotatable bonds is 7. The summed E-state index contributed by atoms with van der Waals surface area (Å²) in [6.07, 6.45) is 2.05. The lowest BCUT2D eigenvalue weighted by atomic mass is 9.85. The molecule has 0 radical (unpaired) electrons. The fourth-order valence-electron chi connectivity index (χ4n) is 2.36. The maximum absolute atomic E-state index is 6.45. The Balaban J connectivity index is 3.11. The molecule has 0 aliphatic heterocycles. The third kappa shape index (κ3) is 5.03. The van der Waals surface area contributed by atoms with Gasteiger partial charge >= 0.3 is 0 Å². The van der Waals surface area contributed by atoms with Gasteiger partial charge in [-0.25, -0.2) is 0 Å². The van der Waals surface area contributed by atoms with Gasteiger partial charge in [0.05, 0.1) is 0 Å². The molecule has 1 atom stereocenters. The second-order valence-electron chi connectivity index (χ2n) is 7.12. The van der Waals surface area contributed by atoms with E-state index in [1.807, 2.05) is 0 Å².